The number of rotatable bonds is 4. The summed E-state index contributed by atoms with van der Waals surface area (Å²) in [5, 5.41) is 3.38. The highest BCUT2D eigenvalue weighted by Crippen LogP contribution is 2.25. The van der Waals surface area contributed by atoms with Crippen molar-refractivity contribution < 1.29 is 9.53 Å². The first-order valence-corrected chi connectivity index (χ1v) is 7.78. The Labute approximate surface area is 131 Å². The number of aromatic nitrogens is 1. The fourth-order valence-electron chi connectivity index (χ4n) is 2.34. The Balaban J connectivity index is 2.02. The van der Waals surface area contributed by atoms with E-state index in [0.29, 0.717) is 10.7 Å². The van der Waals surface area contributed by atoms with Gasteiger partial charge in [0.05, 0.1) is 6.10 Å². The van der Waals surface area contributed by atoms with Gasteiger partial charge in [-0.3, -0.25) is 4.79 Å². The van der Waals surface area contributed by atoms with Crippen LogP contribution in [0, 0.1) is 0 Å². The number of hydrogen-bond donors (Lipinski definition) is 1. The first kappa shape index (κ1) is 16.2. The van der Waals surface area contributed by atoms with Crippen molar-refractivity contribution in [3.63, 3.8) is 0 Å². The second-order valence-corrected chi connectivity index (χ2v) is 6.92. The van der Waals surface area contributed by atoms with Crippen LogP contribution in [0.5, 0.6) is 0 Å². The van der Waals surface area contributed by atoms with Crippen molar-refractivity contribution in [2.24, 2.45) is 0 Å². The van der Waals surface area contributed by atoms with Crippen LogP contribution in [0.25, 0.3) is 0 Å². The summed E-state index contributed by atoms with van der Waals surface area (Å²) in [4.78, 5) is 16.6. The van der Waals surface area contributed by atoms with Gasteiger partial charge in [0.1, 0.15) is 5.15 Å². The molecule has 1 aromatic rings. The predicted molar refractivity (Wildman–Crippen MR) is 83.8 cm³/mol. The van der Waals surface area contributed by atoms with Gasteiger partial charge in [-0.1, -0.05) is 32.4 Å². The Hall–Kier alpha value is -1.13. The van der Waals surface area contributed by atoms with Gasteiger partial charge in [0.15, 0.2) is 0 Å². The van der Waals surface area contributed by atoms with Crippen molar-refractivity contribution in [2.75, 3.05) is 6.61 Å². The minimum absolute atomic E-state index is 0.0928. The van der Waals surface area contributed by atoms with E-state index in [1.54, 1.807) is 6.07 Å². The Morgan fingerprint density at radius 1 is 1.43 bits per heavy atom. The summed E-state index contributed by atoms with van der Waals surface area (Å²) in [5.41, 5.74) is 1.25. The molecule has 5 heteroatoms. The lowest BCUT2D eigenvalue weighted by Crippen LogP contribution is -2.47. The summed E-state index contributed by atoms with van der Waals surface area (Å²) in [6.07, 6.45) is 2.04. The van der Waals surface area contributed by atoms with Gasteiger partial charge in [-0.2, -0.15) is 0 Å². The first-order chi connectivity index (χ1) is 9.79. The van der Waals surface area contributed by atoms with Gasteiger partial charge in [-0.05, 0) is 31.9 Å². The average molecular weight is 311 g/mol. The van der Waals surface area contributed by atoms with Crippen molar-refractivity contribution in [3.8, 4) is 0 Å². The largest absolute Gasteiger partial charge is 0.378 e. The van der Waals surface area contributed by atoms with Crippen molar-refractivity contribution in [2.45, 2.75) is 58.1 Å². The van der Waals surface area contributed by atoms with Crippen LogP contribution in [0.15, 0.2) is 12.1 Å². The summed E-state index contributed by atoms with van der Waals surface area (Å²) >= 11 is 6.04. The van der Waals surface area contributed by atoms with E-state index in [1.165, 1.54) is 0 Å². The van der Waals surface area contributed by atoms with Crippen LogP contribution in [-0.4, -0.2) is 29.6 Å². The smallest absolute Gasteiger partial charge is 0.251 e. The third-order valence-corrected chi connectivity index (χ3v) is 3.85. The Kier molecular flexibility index (Phi) is 4.89. The number of pyridine rings is 1. The van der Waals surface area contributed by atoms with Crippen LogP contribution in [0.1, 0.15) is 56.6 Å². The summed E-state index contributed by atoms with van der Waals surface area (Å²) in [6, 6.07) is 3.63. The molecule has 116 valence electrons. The lowest BCUT2D eigenvalue weighted by molar-refractivity contribution is -0.00862. The highest BCUT2D eigenvalue weighted by molar-refractivity contribution is 6.29. The highest BCUT2D eigenvalue weighted by Gasteiger charge is 2.31. The maximum atomic E-state index is 12.3. The second-order valence-electron chi connectivity index (χ2n) is 6.53. The van der Waals surface area contributed by atoms with E-state index >= 15 is 0 Å². The number of hydrogen-bond acceptors (Lipinski definition) is 3. The molecule has 0 radical (unpaired) electrons. The normalized spacial score (nSPS) is 21.8. The molecule has 0 bridgehead atoms. The number of amides is 1. The molecule has 1 aliphatic carbocycles. The molecular formula is C16H23ClN2O2. The molecule has 0 atom stereocenters. The van der Waals surface area contributed by atoms with E-state index in [9.17, 15) is 4.79 Å². The Morgan fingerprint density at radius 3 is 2.67 bits per heavy atom. The van der Waals surface area contributed by atoms with Gasteiger partial charge in [0, 0.05) is 29.3 Å². The third kappa shape index (κ3) is 4.17. The molecule has 1 aromatic heterocycles. The summed E-state index contributed by atoms with van der Waals surface area (Å²) in [5.74, 6) is -0.0928. The van der Waals surface area contributed by atoms with Crippen LogP contribution in [0.3, 0.4) is 0 Å². The maximum absolute atomic E-state index is 12.3. The van der Waals surface area contributed by atoms with Gasteiger partial charge in [-0.15, -0.1) is 0 Å². The zero-order valence-corrected chi connectivity index (χ0v) is 13.8. The molecule has 0 aliphatic heterocycles. The number of nitrogens with zero attached hydrogens (tertiary/aromatic N) is 1. The van der Waals surface area contributed by atoms with E-state index in [1.807, 2.05) is 33.8 Å². The van der Waals surface area contributed by atoms with Crippen molar-refractivity contribution in [1.82, 2.24) is 10.3 Å². The van der Waals surface area contributed by atoms with Crippen LogP contribution >= 0.6 is 11.6 Å². The Bertz CT molecular complexity index is 519. The topological polar surface area (TPSA) is 51.2 Å². The molecule has 0 aromatic carbocycles. The second kappa shape index (κ2) is 6.32. The molecule has 1 amide bonds. The SMILES string of the molecule is CCOC1CC(NC(=O)c2cc(Cl)nc(C(C)(C)C)c2)C1. The maximum Gasteiger partial charge on any atom is 0.251 e. The third-order valence-electron chi connectivity index (χ3n) is 3.66. The molecule has 0 spiro atoms. The van der Waals surface area contributed by atoms with E-state index in [2.05, 4.69) is 10.3 Å². The number of carbonyl (C=O) groups is 1. The van der Waals surface area contributed by atoms with Crippen LogP contribution in [-0.2, 0) is 10.2 Å². The molecule has 1 heterocycles. The molecule has 4 nitrogen and oxygen atoms in total. The molecule has 1 N–H and O–H groups in total. The number of ether oxygens (including phenoxy) is 1. The van der Waals surface area contributed by atoms with E-state index in [0.717, 1.165) is 25.1 Å². The molecule has 0 saturated heterocycles. The van der Waals surface area contributed by atoms with Gasteiger partial charge >= 0.3 is 0 Å². The van der Waals surface area contributed by atoms with Gasteiger partial charge in [0.2, 0.25) is 0 Å². The molecule has 1 aliphatic rings. The quantitative estimate of drug-likeness (QED) is 0.868. The van der Waals surface area contributed by atoms with Crippen LogP contribution in [0.2, 0.25) is 5.15 Å². The minimum atomic E-state index is -0.142. The zero-order valence-electron chi connectivity index (χ0n) is 13.1. The average Bonchev–Trinajstić information content (AvgIpc) is 2.34. The zero-order chi connectivity index (χ0) is 15.6. The minimum Gasteiger partial charge on any atom is -0.378 e. The highest BCUT2D eigenvalue weighted by atomic mass is 35.5. The predicted octanol–water partition coefficient (Wildman–Crippen LogP) is 3.33. The molecule has 2 rings (SSSR count). The molecule has 1 fully saturated rings. The molecule has 21 heavy (non-hydrogen) atoms. The van der Waals surface area contributed by atoms with Gasteiger partial charge < -0.3 is 10.1 Å². The first-order valence-electron chi connectivity index (χ1n) is 7.40. The number of halogens is 1. The summed E-state index contributed by atoms with van der Waals surface area (Å²) in [7, 11) is 0. The Morgan fingerprint density at radius 2 is 2.10 bits per heavy atom. The molecular weight excluding hydrogens is 288 g/mol. The number of nitrogens with one attached hydrogen (secondary N) is 1. The van der Waals surface area contributed by atoms with E-state index in [-0.39, 0.29) is 23.5 Å². The van der Waals surface area contributed by atoms with Crippen molar-refractivity contribution in [1.29, 1.82) is 0 Å². The molecule has 1 saturated carbocycles. The summed E-state index contributed by atoms with van der Waals surface area (Å²) < 4.78 is 5.50. The lowest BCUT2D eigenvalue weighted by Gasteiger charge is -2.35. The van der Waals surface area contributed by atoms with Gasteiger partial charge in [0.25, 0.3) is 5.91 Å². The van der Waals surface area contributed by atoms with Gasteiger partial charge in [-0.25, -0.2) is 4.98 Å². The van der Waals surface area contributed by atoms with Crippen molar-refractivity contribution >= 4 is 17.5 Å². The van der Waals surface area contributed by atoms with Crippen LogP contribution < -0.4 is 5.32 Å². The fraction of sp³-hybridized carbons (Fsp3) is 0.625. The standard InChI is InChI=1S/C16H23ClN2O2/c1-5-21-12-8-11(9-12)18-15(20)10-6-13(16(2,3)4)19-14(17)7-10/h6-7,11-12H,5,8-9H2,1-4H3,(H,18,20). The summed E-state index contributed by atoms with van der Waals surface area (Å²) in [6.45, 7) is 8.85. The fourth-order valence-corrected chi connectivity index (χ4v) is 2.54. The van der Waals surface area contributed by atoms with E-state index in [4.69, 9.17) is 16.3 Å². The monoisotopic (exact) mass is 310 g/mol. The van der Waals surface area contributed by atoms with Crippen LogP contribution in [0.4, 0.5) is 0 Å². The number of carbonyl (C=O) groups excluding carboxylic acids is 1. The molecule has 0 unspecified atom stereocenters. The van der Waals surface area contributed by atoms with E-state index < -0.39 is 0 Å². The lowest BCUT2D eigenvalue weighted by atomic mass is 9.88. The van der Waals surface area contributed by atoms with Crippen molar-refractivity contribution in [3.05, 3.63) is 28.5 Å².